The minimum absolute atomic E-state index is 0.320. The summed E-state index contributed by atoms with van der Waals surface area (Å²) in [5.41, 5.74) is 6.20. The van der Waals surface area contributed by atoms with Gasteiger partial charge in [-0.25, -0.2) is 13.4 Å². The highest BCUT2D eigenvalue weighted by atomic mass is 32.2. The summed E-state index contributed by atoms with van der Waals surface area (Å²) < 4.78 is 29.6. The molecule has 0 saturated heterocycles. The summed E-state index contributed by atoms with van der Waals surface area (Å²) in [4.78, 5) is 5.37. The molecule has 0 N–H and O–H groups in total. The molecule has 1 aliphatic rings. The van der Waals surface area contributed by atoms with Gasteiger partial charge in [0.1, 0.15) is 5.82 Å². The molecule has 0 bridgehead atoms. The Bertz CT molecular complexity index is 2260. The lowest BCUT2D eigenvalue weighted by Gasteiger charge is -2.21. The molecule has 6 aromatic carbocycles. The predicted molar refractivity (Wildman–Crippen MR) is 162 cm³/mol. The molecule has 2 heterocycles. The first-order valence-electron chi connectivity index (χ1n) is 13.5. The third kappa shape index (κ3) is 3.18. The molecule has 1 aliphatic heterocycles. The smallest absolute Gasteiger partial charge is 0.210 e. The lowest BCUT2D eigenvalue weighted by atomic mass is 9.92. The first-order chi connectivity index (χ1) is 19.5. The van der Waals surface area contributed by atoms with Crippen molar-refractivity contribution in [3.05, 3.63) is 121 Å². The Labute approximate surface area is 232 Å². The van der Waals surface area contributed by atoms with Crippen LogP contribution in [0.1, 0.15) is 12.7 Å². The maximum atomic E-state index is 13.8. The zero-order valence-electron chi connectivity index (χ0n) is 21.8. The van der Waals surface area contributed by atoms with E-state index in [1.807, 2.05) is 35.8 Å². The van der Waals surface area contributed by atoms with Crippen LogP contribution in [0.25, 0.3) is 60.5 Å². The Morgan fingerprint density at radius 3 is 2.15 bits per heavy atom. The molecule has 0 saturated carbocycles. The van der Waals surface area contributed by atoms with E-state index >= 15 is 0 Å². The van der Waals surface area contributed by atoms with Crippen molar-refractivity contribution in [2.45, 2.75) is 23.1 Å². The topological polar surface area (TPSA) is 52.0 Å². The van der Waals surface area contributed by atoms with Gasteiger partial charge in [-0.2, -0.15) is 0 Å². The van der Waals surface area contributed by atoms with Crippen molar-refractivity contribution in [1.82, 2.24) is 9.55 Å². The van der Waals surface area contributed by atoms with E-state index in [1.54, 1.807) is 12.1 Å². The zero-order chi connectivity index (χ0) is 27.0. The largest absolute Gasteiger partial charge is 0.294 e. The lowest BCUT2D eigenvalue weighted by Crippen LogP contribution is -2.16. The number of nitrogens with zero attached hydrogens (tertiary/aromatic N) is 2. The zero-order valence-corrected chi connectivity index (χ0v) is 22.6. The first kappa shape index (κ1) is 23.2. The van der Waals surface area contributed by atoms with Crippen LogP contribution in [0.3, 0.4) is 0 Å². The molecule has 0 radical (unpaired) electrons. The Kier molecular flexibility index (Phi) is 4.85. The van der Waals surface area contributed by atoms with Crippen molar-refractivity contribution in [3.8, 4) is 27.9 Å². The molecule has 0 amide bonds. The van der Waals surface area contributed by atoms with Crippen molar-refractivity contribution in [3.63, 3.8) is 0 Å². The van der Waals surface area contributed by atoms with Gasteiger partial charge in [0, 0.05) is 6.42 Å². The van der Waals surface area contributed by atoms with Crippen LogP contribution in [0, 0.1) is 0 Å². The number of aryl methyl sites for hydroxylation is 1. The standard InChI is InChI=1S/C35H24N2O2S/c1-2-34-36-30-12-7-13-32-35(30)37(34)31-19-18-24(21-33(31)40(32,38)39)22-14-16-23(17-15-22)29-20-25-8-3-4-9-26(25)27-10-5-6-11-28(27)29/h3-21H,2H2,1H3. The highest BCUT2D eigenvalue weighted by molar-refractivity contribution is 7.92. The Hall–Kier alpha value is -4.74. The van der Waals surface area contributed by atoms with E-state index in [1.165, 1.54) is 27.1 Å². The number of benzene rings is 6. The molecular formula is C35H24N2O2S. The highest BCUT2D eigenvalue weighted by Crippen LogP contribution is 2.41. The van der Waals surface area contributed by atoms with Crippen LogP contribution in [-0.2, 0) is 16.3 Å². The van der Waals surface area contributed by atoms with E-state index in [-0.39, 0.29) is 0 Å². The van der Waals surface area contributed by atoms with Crippen LogP contribution < -0.4 is 0 Å². The number of sulfone groups is 1. The summed E-state index contributed by atoms with van der Waals surface area (Å²) in [7, 11) is -3.69. The quantitative estimate of drug-likeness (QED) is 0.213. The molecule has 7 aromatic rings. The Morgan fingerprint density at radius 2 is 1.35 bits per heavy atom. The Balaban J connectivity index is 1.26. The summed E-state index contributed by atoms with van der Waals surface area (Å²) in [5.74, 6) is 0.860. The number of hydrogen-bond donors (Lipinski definition) is 0. The second-order valence-electron chi connectivity index (χ2n) is 10.3. The molecule has 0 fully saturated rings. The van der Waals surface area contributed by atoms with Crippen LogP contribution in [0.5, 0.6) is 0 Å². The second-order valence-corrected chi connectivity index (χ2v) is 12.2. The minimum Gasteiger partial charge on any atom is -0.294 e. The van der Waals surface area contributed by atoms with Crippen molar-refractivity contribution >= 4 is 42.4 Å². The SMILES string of the molecule is CCc1nc2cccc3c2n1-c1ccc(-c2ccc(-c4cc5ccccc5c5ccccc45)cc2)cc1S3(=O)=O. The molecule has 0 atom stereocenters. The summed E-state index contributed by atoms with van der Waals surface area (Å²) in [6.45, 7) is 2.04. The average Bonchev–Trinajstić information content (AvgIpc) is 3.39. The van der Waals surface area contributed by atoms with E-state index in [2.05, 4.69) is 78.9 Å². The van der Waals surface area contributed by atoms with Gasteiger partial charge in [-0.3, -0.25) is 4.57 Å². The van der Waals surface area contributed by atoms with Crippen molar-refractivity contribution < 1.29 is 8.42 Å². The van der Waals surface area contributed by atoms with Crippen molar-refractivity contribution in [2.75, 3.05) is 0 Å². The fourth-order valence-corrected chi connectivity index (χ4v) is 7.87. The van der Waals surface area contributed by atoms with E-state index in [4.69, 9.17) is 4.98 Å². The van der Waals surface area contributed by atoms with Crippen molar-refractivity contribution in [2.24, 2.45) is 0 Å². The van der Waals surface area contributed by atoms with Gasteiger partial charge in [-0.15, -0.1) is 0 Å². The van der Waals surface area contributed by atoms with Gasteiger partial charge in [0.2, 0.25) is 9.84 Å². The summed E-state index contributed by atoms with van der Waals surface area (Å²) in [6, 6.07) is 38.8. The molecule has 4 nitrogen and oxygen atoms in total. The number of hydrogen-bond acceptors (Lipinski definition) is 3. The maximum Gasteiger partial charge on any atom is 0.210 e. The van der Waals surface area contributed by atoms with Gasteiger partial charge in [0.25, 0.3) is 0 Å². The van der Waals surface area contributed by atoms with E-state index < -0.39 is 9.84 Å². The van der Waals surface area contributed by atoms with Crippen LogP contribution in [0.15, 0.2) is 125 Å². The normalized spacial score (nSPS) is 13.6. The van der Waals surface area contributed by atoms with Crippen LogP contribution in [-0.4, -0.2) is 18.0 Å². The predicted octanol–water partition coefficient (Wildman–Crippen LogP) is 8.37. The van der Waals surface area contributed by atoms with Crippen molar-refractivity contribution in [1.29, 1.82) is 0 Å². The van der Waals surface area contributed by atoms with Crippen LogP contribution >= 0.6 is 0 Å². The van der Waals surface area contributed by atoms with Crippen LogP contribution in [0.4, 0.5) is 0 Å². The summed E-state index contributed by atoms with van der Waals surface area (Å²) >= 11 is 0. The molecule has 0 aliphatic carbocycles. The third-order valence-corrected chi connectivity index (χ3v) is 9.92. The van der Waals surface area contributed by atoms with Gasteiger partial charge in [-0.1, -0.05) is 91.9 Å². The molecule has 5 heteroatoms. The third-order valence-electron chi connectivity index (χ3n) is 8.10. The molecule has 40 heavy (non-hydrogen) atoms. The van der Waals surface area contributed by atoms with Gasteiger partial charge in [0.15, 0.2) is 0 Å². The fraction of sp³-hybridized carbons (Fsp3) is 0.0571. The molecule has 0 spiro atoms. The average molecular weight is 537 g/mol. The van der Waals surface area contributed by atoms with Crippen LogP contribution in [0.2, 0.25) is 0 Å². The summed E-state index contributed by atoms with van der Waals surface area (Å²) in [6.07, 6.45) is 0.709. The summed E-state index contributed by atoms with van der Waals surface area (Å²) in [5, 5.41) is 4.91. The molecule has 0 unspecified atom stereocenters. The Morgan fingerprint density at radius 1 is 0.650 bits per heavy atom. The van der Waals surface area contributed by atoms with Gasteiger partial charge in [-0.05, 0) is 74.1 Å². The fourth-order valence-electron chi connectivity index (χ4n) is 6.20. The minimum atomic E-state index is -3.69. The molecule has 1 aromatic heterocycles. The number of rotatable bonds is 3. The molecule has 192 valence electrons. The van der Waals surface area contributed by atoms with E-state index in [0.717, 1.165) is 22.5 Å². The van der Waals surface area contributed by atoms with Gasteiger partial charge in [0.05, 0.1) is 26.5 Å². The monoisotopic (exact) mass is 536 g/mol. The molecular weight excluding hydrogens is 512 g/mol. The molecule has 8 rings (SSSR count). The van der Waals surface area contributed by atoms with E-state index in [9.17, 15) is 8.42 Å². The van der Waals surface area contributed by atoms with Gasteiger partial charge < -0.3 is 0 Å². The lowest BCUT2D eigenvalue weighted by molar-refractivity contribution is 0.594. The number of fused-ring (bicyclic) bond motifs is 5. The number of imidazole rings is 1. The first-order valence-corrected chi connectivity index (χ1v) is 14.9. The highest BCUT2D eigenvalue weighted by Gasteiger charge is 2.33. The number of aromatic nitrogens is 2. The van der Waals surface area contributed by atoms with Gasteiger partial charge >= 0.3 is 0 Å². The maximum absolute atomic E-state index is 13.8. The number of para-hydroxylation sites is 1. The van der Waals surface area contributed by atoms with E-state index in [0.29, 0.717) is 32.9 Å². The second kappa shape index (κ2) is 8.38.